The number of carbonyl (C=O) groups excluding carboxylic acids is 1. The Balaban J connectivity index is 1.96. The average molecular weight is 374 g/mol. The number of amides is 1. The van der Waals surface area contributed by atoms with Crippen molar-refractivity contribution in [2.45, 2.75) is 37.8 Å². The molecule has 0 unspecified atom stereocenters. The SMILES string of the molecule is COCC(=O)Nc1ccc(N2C(N)=NC(N)=NC23CCCCC3)cc1OC. The number of guanidine groups is 2. The third-order valence-corrected chi connectivity index (χ3v) is 4.84. The minimum atomic E-state index is -0.528. The third-order valence-electron chi connectivity index (χ3n) is 4.84. The van der Waals surface area contributed by atoms with Crippen LogP contribution in [0.4, 0.5) is 11.4 Å². The molecule has 9 heteroatoms. The molecule has 3 rings (SSSR count). The van der Waals surface area contributed by atoms with Crippen molar-refractivity contribution in [3.8, 4) is 5.75 Å². The van der Waals surface area contributed by atoms with Gasteiger partial charge in [0.1, 0.15) is 18.0 Å². The van der Waals surface area contributed by atoms with E-state index in [0.717, 1.165) is 37.8 Å². The van der Waals surface area contributed by atoms with Gasteiger partial charge in [-0.3, -0.25) is 9.69 Å². The first-order valence-electron chi connectivity index (χ1n) is 8.95. The quantitative estimate of drug-likeness (QED) is 0.714. The summed E-state index contributed by atoms with van der Waals surface area (Å²) in [5, 5.41) is 2.77. The van der Waals surface area contributed by atoms with Crippen molar-refractivity contribution < 1.29 is 14.3 Å². The van der Waals surface area contributed by atoms with E-state index in [9.17, 15) is 4.79 Å². The van der Waals surface area contributed by atoms with Crippen LogP contribution in [0.15, 0.2) is 28.2 Å². The topological polar surface area (TPSA) is 128 Å². The molecule has 2 aliphatic rings. The Labute approximate surface area is 158 Å². The smallest absolute Gasteiger partial charge is 0.250 e. The van der Waals surface area contributed by atoms with Crippen LogP contribution in [0.5, 0.6) is 5.75 Å². The molecule has 5 N–H and O–H groups in total. The lowest BCUT2D eigenvalue weighted by Crippen LogP contribution is -2.58. The Morgan fingerprint density at radius 2 is 2.00 bits per heavy atom. The van der Waals surface area contributed by atoms with Gasteiger partial charge in [0.15, 0.2) is 0 Å². The summed E-state index contributed by atoms with van der Waals surface area (Å²) >= 11 is 0. The van der Waals surface area contributed by atoms with E-state index in [4.69, 9.17) is 20.9 Å². The normalized spacial score (nSPS) is 18.7. The summed E-state index contributed by atoms with van der Waals surface area (Å²) in [5.41, 5.74) is 13.0. The van der Waals surface area contributed by atoms with Gasteiger partial charge in [0, 0.05) is 13.2 Å². The number of rotatable bonds is 5. The monoisotopic (exact) mass is 374 g/mol. The van der Waals surface area contributed by atoms with Crippen molar-refractivity contribution in [1.29, 1.82) is 0 Å². The molecule has 1 spiro atoms. The van der Waals surface area contributed by atoms with E-state index in [0.29, 0.717) is 17.4 Å². The first-order chi connectivity index (χ1) is 13.0. The van der Waals surface area contributed by atoms with Gasteiger partial charge in [-0.1, -0.05) is 6.42 Å². The van der Waals surface area contributed by atoms with Crippen molar-refractivity contribution in [2.24, 2.45) is 21.5 Å². The van der Waals surface area contributed by atoms with Crippen LogP contribution in [-0.4, -0.2) is 44.3 Å². The van der Waals surface area contributed by atoms with E-state index in [1.165, 1.54) is 7.11 Å². The maximum absolute atomic E-state index is 11.8. The number of hydrogen-bond acceptors (Lipinski definition) is 8. The van der Waals surface area contributed by atoms with E-state index < -0.39 is 5.66 Å². The van der Waals surface area contributed by atoms with E-state index in [1.54, 1.807) is 13.2 Å². The lowest BCUT2D eigenvalue weighted by Gasteiger charge is -2.45. The summed E-state index contributed by atoms with van der Waals surface area (Å²) in [5.74, 6) is 0.769. The molecule has 1 saturated carbocycles. The zero-order valence-electron chi connectivity index (χ0n) is 15.7. The van der Waals surface area contributed by atoms with Gasteiger partial charge in [-0.15, -0.1) is 0 Å². The minimum Gasteiger partial charge on any atom is -0.494 e. The highest BCUT2D eigenvalue weighted by Gasteiger charge is 2.42. The summed E-state index contributed by atoms with van der Waals surface area (Å²) in [7, 11) is 3.01. The second-order valence-electron chi connectivity index (χ2n) is 6.68. The van der Waals surface area contributed by atoms with Crippen molar-refractivity contribution in [1.82, 2.24) is 0 Å². The van der Waals surface area contributed by atoms with Gasteiger partial charge in [-0.05, 0) is 37.8 Å². The molecule has 0 saturated heterocycles. The summed E-state index contributed by atoms with van der Waals surface area (Å²) < 4.78 is 10.3. The molecule has 0 atom stereocenters. The highest BCUT2D eigenvalue weighted by molar-refractivity contribution is 6.06. The van der Waals surface area contributed by atoms with Crippen LogP contribution >= 0.6 is 0 Å². The van der Waals surface area contributed by atoms with Crippen LogP contribution in [0, 0.1) is 0 Å². The predicted octanol–water partition coefficient (Wildman–Crippen LogP) is 1.39. The van der Waals surface area contributed by atoms with Gasteiger partial charge in [0.25, 0.3) is 0 Å². The lowest BCUT2D eigenvalue weighted by atomic mass is 9.87. The molecule has 1 aliphatic heterocycles. The molecule has 1 amide bonds. The first kappa shape index (κ1) is 19.0. The molecule has 27 heavy (non-hydrogen) atoms. The molecule has 0 radical (unpaired) electrons. The van der Waals surface area contributed by atoms with Crippen LogP contribution in [0.3, 0.4) is 0 Å². The Hall–Kier alpha value is -2.81. The number of nitrogens with zero attached hydrogens (tertiary/aromatic N) is 3. The summed E-state index contributed by atoms with van der Waals surface area (Å²) in [4.78, 5) is 22.6. The maximum Gasteiger partial charge on any atom is 0.250 e. The molecule has 1 aliphatic carbocycles. The second-order valence-corrected chi connectivity index (χ2v) is 6.68. The second kappa shape index (κ2) is 7.83. The molecule has 1 heterocycles. The fourth-order valence-corrected chi connectivity index (χ4v) is 3.73. The summed E-state index contributed by atoms with van der Waals surface area (Å²) in [6, 6.07) is 5.45. The number of ether oxygens (including phenoxy) is 2. The molecule has 1 aromatic rings. The summed E-state index contributed by atoms with van der Waals surface area (Å²) in [6.07, 6.45) is 4.94. The Bertz CT molecular complexity index is 770. The van der Waals surface area contributed by atoms with Gasteiger partial charge >= 0.3 is 0 Å². The fraction of sp³-hybridized carbons (Fsp3) is 0.500. The molecule has 0 bridgehead atoms. The zero-order chi connectivity index (χ0) is 19.4. The van der Waals surface area contributed by atoms with Crippen molar-refractivity contribution in [2.75, 3.05) is 31.0 Å². The number of carbonyl (C=O) groups is 1. The van der Waals surface area contributed by atoms with E-state index in [-0.39, 0.29) is 18.5 Å². The molecular weight excluding hydrogens is 348 g/mol. The van der Waals surface area contributed by atoms with Crippen LogP contribution in [-0.2, 0) is 9.53 Å². The molecular formula is C18H26N6O3. The number of methoxy groups -OCH3 is 2. The van der Waals surface area contributed by atoms with Gasteiger partial charge in [-0.25, -0.2) is 4.99 Å². The van der Waals surface area contributed by atoms with E-state index in [2.05, 4.69) is 15.3 Å². The lowest BCUT2D eigenvalue weighted by molar-refractivity contribution is -0.119. The van der Waals surface area contributed by atoms with Gasteiger partial charge < -0.3 is 26.3 Å². The van der Waals surface area contributed by atoms with E-state index in [1.807, 2.05) is 17.0 Å². The van der Waals surface area contributed by atoms with Gasteiger partial charge in [0.05, 0.1) is 18.5 Å². The standard InChI is InChI=1S/C18H26N6O3/c1-26-11-15(25)21-13-7-6-12(10-14(13)27-2)24-17(20)22-16(19)23-18(24)8-4-3-5-9-18/h6-7,10H,3-5,8-9,11H2,1-2H3,(H,21,25)(H4,19,20,22,23). The molecule has 146 valence electrons. The Kier molecular flexibility index (Phi) is 5.50. The zero-order valence-corrected chi connectivity index (χ0v) is 15.7. The van der Waals surface area contributed by atoms with Crippen molar-refractivity contribution in [3.05, 3.63) is 18.2 Å². The molecule has 0 aromatic heterocycles. The van der Waals surface area contributed by atoms with Gasteiger partial charge in [0.2, 0.25) is 17.8 Å². The minimum absolute atomic E-state index is 0.0340. The van der Waals surface area contributed by atoms with Crippen LogP contribution in [0.2, 0.25) is 0 Å². The first-order valence-corrected chi connectivity index (χ1v) is 8.95. The average Bonchev–Trinajstić information content (AvgIpc) is 2.63. The largest absolute Gasteiger partial charge is 0.494 e. The number of aliphatic imine (C=N–C) groups is 2. The number of hydrogen-bond donors (Lipinski definition) is 3. The molecule has 1 aromatic carbocycles. The summed E-state index contributed by atoms with van der Waals surface area (Å²) in [6.45, 7) is -0.0340. The molecule has 1 fully saturated rings. The predicted molar refractivity (Wildman–Crippen MR) is 105 cm³/mol. The van der Waals surface area contributed by atoms with Crippen LogP contribution in [0.25, 0.3) is 0 Å². The van der Waals surface area contributed by atoms with Crippen molar-refractivity contribution >= 4 is 29.2 Å². The van der Waals surface area contributed by atoms with Crippen LogP contribution < -0.4 is 26.4 Å². The fourth-order valence-electron chi connectivity index (χ4n) is 3.73. The highest BCUT2D eigenvalue weighted by Crippen LogP contribution is 2.41. The third kappa shape index (κ3) is 3.82. The van der Waals surface area contributed by atoms with Crippen molar-refractivity contribution in [3.63, 3.8) is 0 Å². The maximum atomic E-state index is 11.8. The number of nitrogens with two attached hydrogens (primary N) is 2. The highest BCUT2D eigenvalue weighted by atomic mass is 16.5. The Morgan fingerprint density at radius 1 is 1.26 bits per heavy atom. The Morgan fingerprint density at radius 3 is 2.67 bits per heavy atom. The van der Waals surface area contributed by atoms with E-state index >= 15 is 0 Å². The number of benzene rings is 1. The number of nitrogens with one attached hydrogen (secondary N) is 1. The van der Waals surface area contributed by atoms with Crippen LogP contribution in [0.1, 0.15) is 32.1 Å². The van der Waals surface area contributed by atoms with Gasteiger partial charge in [-0.2, -0.15) is 4.99 Å². The molecule has 9 nitrogen and oxygen atoms in total. The number of anilines is 2.